The predicted molar refractivity (Wildman–Crippen MR) is 113 cm³/mol. The molecule has 32 heavy (non-hydrogen) atoms. The first-order chi connectivity index (χ1) is 15.4. The Morgan fingerprint density at radius 1 is 1.03 bits per heavy atom. The number of hydrogen-bond acceptors (Lipinski definition) is 6. The van der Waals surface area contributed by atoms with Crippen LogP contribution >= 0.6 is 0 Å². The summed E-state index contributed by atoms with van der Waals surface area (Å²) in [5.74, 6) is -0.687. The topological polar surface area (TPSA) is 94.2 Å². The van der Waals surface area contributed by atoms with E-state index in [9.17, 15) is 18.8 Å². The lowest BCUT2D eigenvalue weighted by atomic mass is 10.1. The summed E-state index contributed by atoms with van der Waals surface area (Å²) in [4.78, 5) is 38.6. The van der Waals surface area contributed by atoms with Crippen LogP contribution in [0, 0.1) is 11.7 Å². The van der Waals surface area contributed by atoms with Crippen molar-refractivity contribution in [2.45, 2.75) is 12.5 Å². The van der Waals surface area contributed by atoms with Crippen molar-refractivity contribution in [2.75, 3.05) is 33.9 Å². The molecule has 1 fully saturated rings. The van der Waals surface area contributed by atoms with Crippen LogP contribution in [0.5, 0.6) is 11.5 Å². The highest BCUT2D eigenvalue weighted by molar-refractivity contribution is 5.97. The van der Waals surface area contributed by atoms with Crippen molar-refractivity contribution in [3.05, 3.63) is 59.9 Å². The van der Waals surface area contributed by atoms with Gasteiger partial charge in [0.05, 0.1) is 20.3 Å². The number of rotatable bonds is 8. The van der Waals surface area contributed by atoms with Gasteiger partial charge in [-0.25, -0.2) is 9.18 Å². The lowest BCUT2D eigenvalue weighted by Gasteiger charge is -2.22. The van der Waals surface area contributed by atoms with E-state index >= 15 is 0 Å². The number of ether oxygens (including phenoxy) is 3. The van der Waals surface area contributed by atoms with Gasteiger partial charge in [-0.1, -0.05) is 0 Å². The molecule has 8 nitrogen and oxygen atoms in total. The van der Waals surface area contributed by atoms with Crippen LogP contribution in [0.4, 0.5) is 4.39 Å². The molecule has 0 bridgehead atoms. The zero-order valence-corrected chi connectivity index (χ0v) is 17.9. The Morgan fingerprint density at radius 2 is 1.66 bits per heavy atom. The Morgan fingerprint density at radius 3 is 2.25 bits per heavy atom. The molecule has 1 heterocycles. The van der Waals surface area contributed by atoms with Gasteiger partial charge in [0.25, 0.3) is 5.91 Å². The van der Waals surface area contributed by atoms with Gasteiger partial charge in [-0.15, -0.1) is 0 Å². The summed E-state index contributed by atoms with van der Waals surface area (Å²) < 4.78 is 28.5. The Hall–Kier alpha value is -3.46. The van der Waals surface area contributed by atoms with Crippen LogP contribution in [0.1, 0.15) is 16.8 Å². The van der Waals surface area contributed by atoms with Crippen molar-refractivity contribution < 1.29 is 33.0 Å². The van der Waals surface area contributed by atoms with E-state index in [4.69, 9.17) is 14.2 Å². The number of carbonyl (C=O) groups is 3. The van der Waals surface area contributed by atoms with E-state index in [-0.39, 0.29) is 24.2 Å². The third-order valence-electron chi connectivity index (χ3n) is 5.15. The molecule has 0 aromatic heterocycles. The van der Waals surface area contributed by atoms with Crippen molar-refractivity contribution in [1.29, 1.82) is 0 Å². The van der Waals surface area contributed by atoms with Crippen LogP contribution in [-0.4, -0.2) is 62.6 Å². The fourth-order valence-corrected chi connectivity index (χ4v) is 3.59. The maximum Gasteiger partial charge on any atom is 0.328 e. The van der Waals surface area contributed by atoms with Gasteiger partial charge in [0, 0.05) is 25.1 Å². The molecule has 0 radical (unpaired) electrons. The number of hydrogen-bond donors (Lipinski definition) is 1. The van der Waals surface area contributed by atoms with E-state index in [0.717, 1.165) is 0 Å². The Kier molecular flexibility index (Phi) is 7.77. The molecular weight excluding hydrogens is 419 g/mol. The minimum atomic E-state index is -0.688. The Bertz CT molecular complexity index is 948. The standard InChI is InChI=1S/C23H25FN2O6/c1-30-14-15-11-20(23(29)31-2)26(13-15)21(27)12-25-22(28)16-3-7-18(8-4-16)32-19-9-5-17(24)6-10-19/h3-10,15,20H,11-14H2,1-2H3,(H,25,28)/t15-,20?/m0/s1. The SMILES string of the molecule is COC[C@H]1CC(C(=O)OC)N(C(=O)CNC(=O)c2ccc(Oc3ccc(F)cc3)cc2)C1. The Labute approximate surface area is 185 Å². The van der Waals surface area contributed by atoms with E-state index in [1.165, 1.54) is 36.3 Å². The lowest BCUT2D eigenvalue weighted by molar-refractivity contribution is -0.150. The minimum absolute atomic E-state index is 0.0254. The van der Waals surface area contributed by atoms with Crippen molar-refractivity contribution in [3.63, 3.8) is 0 Å². The molecule has 2 aromatic rings. The molecule has 2 aromatic carbocycles. The first-order valence-electron chi connectivity index (χ1n) is 10.1. The molecule has 9 heteroatoms. The number of esters is 1. The van der Waals surface area contributed by atoms with Crippen LogP contribution in [-0.2, 0) is 19.1 Å². The van der Waals surface area contributed by atoms with Gasteiger partial charge in [-0.2, -0.15) is 0 Å². The second kappa shape index (κ2) is 10.7. The quantitative estimate of drug-likeness (QED) is 0.629. The smallest absolute Gasteiger partial charge is 0.328 e. The summed E-state index contributed by atoms with van der Waals surface area (Å²) in [5.41, 5.74) is 0.340. The monoisotopic (exact) mass is 444 g/mol. The highest BCUT2D eigenvalue weighted by atomic mass is 19.1. The summed E-state index contributed by atoms with van der Waals surface area (Å²) in [6.07, 6.45) is 0.454. The third-order valence-corrected chi connectivity index (χ3v) is 5.15. The zero-order chi connectivity index (χ0) is 23.1. The van der Waals surface area contributed by atoms with Crippen LogP contribution in [0.25, 0.3) is 0 Å². The molecule has 3 rings (SSSR count). The first kappa shape index (κ1) is 23.2. The molecule has 1 saturated heterocycles. The van der Waals surface area contributed by atoms with Crippen LogP contribution in [0.2, 0.25) is 0 Å². The van der Waals surface area contributed by atoms with Gasteiger partial charge in [-0.05, 0) is 55.0 Å². The lowest BCUT2D eigenvalue weighted by Crippen LogP contribution is -2.46. The summed E-state index contributed by atoms with van der Waals surface area (Å²) in [5, 5.41) is 2.58. The van der Waals surface area contributed by atoms with Gasteiger partial charge in [0.15, 0.2) is 0 Å². The van der Waals surface area contributed by atoms with Gasteiger partial charge < -0.3 is 24.4 Å². The minimum Gasteiger partial charge on any atom is -0.467 e. The van der Waals surface area contributed by atoms with Crippen LogP contribution in [0.15, 0.2) is 48.5 Å². The van der Waals surface area contributed by atoms with Crippen molar-refractivity contribution in [1.82, 2.24) is 10.2 Å². The van der Waals surface area contributed by atoms with Crippen LogP contribution in [0.3, 0.4) is 0 Å². The highest BCUT2D eigenvalue weighted by Gasteiger charge is 2.40. The van der Waals surface area contributed by atoms with E-state index < -0.39 is 17.9 Å². The van der Waals surface area contributed by atoms with Crippen molar-refractivity contribution >= 4 is 17.8 Å². The number of halogens is 1. The maximum atomic E-state index is 13.0. The molecule has 0 spiro atoms. The molecule has 2 atom stereocenters. The van der Waals surface area contributed by atoms with Crippen molar-refractivity contribution in [2.24, 2.45) is 5.92 Å². The highest BCUT2D eigenvalue weighted by Crippen LogP contribution is 2.25. The largest absolute Gasteiger partial charge is 0.467 e. The maximum absolute atomic E-state index is 13.0. The van der Waals surface area contributed by atoms with E-state index in [2.05, 4.69) is 5.32 Å². The van der Waals surface area contributed by atoms with Gasteiger partial charge in [0.1, 0.15) is 23.4 Å². The molecule has 1 unspecified atom stereocenters. The average molecular weight is 444 g/mol. The molecule has 1 aliphatic heterocycles. The Balaban J connectivity index is 1.55. The molecule has 0 aliphatic carbocycles. The number of nitrogens with zero attached hydrogens (tertiary/aromatic N) is 1. The summed E-state index contributed by atoms with van der Waals surface area (Å²) >= 11 is 0. The normalized spacial score (nSPS) is 17.7. The third kappa shape index (κ3) is 5.82. The number of carbonyl (C=O) groups excluding carboxylic acids is 3. The summed E-state index contributed by atoms with van der Waals surface area (Å²) in [6, 6.07) is 11.2. The molecule has 1 aliphatic rings. The first-order valence-corrected chi connectivity index (χ1v) is 10.1. The predicted octanol–water partition coefficient (Wildman–Crippen LogP) is 2.38. The molecular formula is C23H25FN2O6. The fraction of sp³-hybridized carbons (Fsp3) is 0.348. The number of methoxy groups -OCH3 is 2. The van der Waals surface area contributed by atoms with Crippen LogP contribution < -0.4 is 10.1 Å². The van der Waals surface area contributed by atoms with E-state index in [1.54, 1.807) is 31.4 Å². The fourth-order valence-electron chi connectivity index (χ4n) is 3.59. The van der Waals surface area contributed by atoms with E-state index in [0.29, 0.717) is 36.6 Å². The van der Waals surface area contributed by atoms with Gasteiger partial charge in [-0.3, -0.25) is 9.59 Å². The molecule has 2 amide bonds. The van der Waals surface area contributed by atoms with E-state index in [1.807, 2.05) is 0 Å². The van der Waals surface area contributed by atoms with Gasteiger partial charge >= 0.3 is 5.97 Å². The number of likely N-dealkylation sites (tertiary alicyclic amines) is 1. The number of amides is 2. The van der Waals surface area contributed by atoms with Crippen molar-refractivity contribution in [3.8, 4) is 11.5 Å². The molecule has 170 valence electrons. The molecule has 0 saturated carbocycles. The molecule has 1 N–H and O–H groups in total. The number of nitrogens with one attached hydrogen (secondary N) is 1. The second-order valence-corrected chi connectivity index (χ2v) is 7.41. The average Bonchev–Trinajstić information content (AvgIpc) is 3.23. The number of benzene rings is 2. The summed E-state index contributed by atoms with van der Waals surface area (Å²) in [6.45, 7) is 0.535. The zero-order valence-electron chi connectivity index (χ0n) is 17.9. The van der Waals surface area contributed by atoms with Gasteiger partial charge in [0.2, 0.25) is 5.91 Å². The summed E-state index contributed by atoms with van der Waals surface area (Å²) in [7, 11) is 2.84. The second-order valence-electron chi connectivity index (χ2n) is 7.41.